The molecule has 0 amide bonds. The summed E-state index contributed by atoms with van der Waals surface area (Å²) in [6.07, 6.45) is 1.02. The topological polar surface area (TPSA) is 30.5 Å². The maximum atomic E-state index is 5.39. The molecular formula is C21H30N4S. The lowest BCUT2D eigenvalue weighted by Gasteiger charge is -2.21. The van der Waals surface area contributed by atoms with Crippen molar-refractivity contribution in [2.45, 2.75) is 20.3 Å². The molecule has 0 saturated carbocycles. The third-order valence-corrected chi connectivity index (χ3v) is 4.65. The molecule has 140 valence electrons. The summed E-state index contributed by atoms with van der Waals surface area (Å²) < 4.78 is 0. The van der Waals surface area contributed by atoms with Crippen LogP contribution in [0, 0.1) is 0 Å². The lowest BCUT2D eigenvalue weighted by Crippen LogP contribution is -2.31. The van der Waals surface area contributed by atoms with Crippen molar-refractivity contribution in [1.82, 2.24) is 5.32 Å². The van der Waals surface area contributed by atoms with Crippen LogP contribution in [0.25, 0.3) is 0 Å². The van der Waals surface area contributed by atoms with Crippen molar-refractivity contribution < 1.29 is 0 Å². The normalized spacial score (nSPS) is 10.3. The van der Waals surface area contributed by atoms with Crippen LogP contribution in [-0.2, 0) is 0 Å². The number of thiocarbonyl (C=S) groups is 1. The van der Waals surface area contributed by atoms with Gasteiger partial charge in [-0.1, -0.05) is 18.2 Å². The highest BCUT2D eigenvalue weighted by atomic mass is 32.1. The Labute approximate surface area is 163 Å². The van der Waals surface area contributed by atoms with Crippen molar-refractivity contribution in [3.05, 3.63) is 54.6 Å². The Balaban J connectivity index is 1.70. The molecule has 0 aliphatic carbocycles. The molecule has 0 atom stereocenters. The fourth-order valence-electron chi connectivity index (χ4n) is 2.85. The van der Waals surface area contributed by atoms with E-state index in [1.165, 1.54) is 11.4 Å². The third kappa shape index (κ3) is 6.23. The third-order valence-electron chi connectivity index (χ3n) is 4.41. The average Bonchev–Trinajstić information content (AvgIpc) is 2.68. The van der Waals surface area contributed by atoms with Crippen LogP contribution < -0.4 is 20.4 Å². The Morgan fingerprint density at radius 1 is 0.923 bits per heavy atom. The Hall–Kier alpha value is -2.27. The predicted octanol–water partition coefficient (Wildman–Crippen LogP) is 4.35. The van der Waals surface area contributed by atoms with Gasteiger partial charge >= 0.3 is 0 Å². The monoisotopic (exact) mass is 370 g/mol. The summed E-state index contributed by atoms with van der Waals surface area (Å²) in [5.41, 5.74) is 3.49. The van der Waals surface area contributed by atoms with E-state index in [4.69, 9.17) is 12.2 Å². The molecule has 0 unspecified atom stereocenters. The standard InChI is InChI=1S/C21H30N4S/c1-4-25(5-2)20-14-12-18(13-15-20)23-21(26)22-16-9-17-24(3)19-10-7-6-8-11-19/h6-8,10-15H,4-5,9,16-17H2,1-3H3,(H2,22,23,26). The number of para-hydroxylation sites is 1. The van der Waals surface area contributed by atoms with Gasteiger partial charge in [0.05, 0.1) is 0 Å². The second kappa shape index (κ2) is 10.7. The van der Waals surface area contributed by atoms with Crippen LogP contribution in [0.3, 0.4) is 0 Å². The first-order valence-electron chi connectivity index (χ1n) is 9.30. The zero-order valence-corrected chi connectivity index (χ0v) is 16.9. The lowest BCUT2D eigenvalue weighted by molar-refractivity contribution is 0.755. The molecule has 2 N–H and O–H groups in total. The van der Waals surface area contributed by atoms with Crippen molar-refractivity contribution in [2.75, 3.05) is 48.3 Å². The Morgan fingerprint density at radius 2 is 1.58 bits per heavy atom. The van der Waals surface area contributed by atoms with Gasteiger partial charge in [-0.2, -0.15) is 0 Å². The van der Waals surface area contributed by atoms with E-state index in [2.05, 4.69) is 89.9 Å². The molecule has 2 rings (SSSR count). The first-order valence-corrected chi connectivity index (χ1v) is 9.71. The first-order chi connectivity index (χ1) is 12.6. The molecule has 26 heavy (non-hydrogen) atoms. The van der Waals surface area contributed by atoms with Crippen molar-refractivity contribution in [1.29, 1.82) is 0 Å². The van der Waals surface area contributed by atoms with Crippen LogP contribution in [0.1, 0.15) is 20.3 Å². The van der Waals surface area contributed by atoms with Crippen LogP contribution in [0.2, 0.25) is 0 Å². The van der Waals surface area contributed by atoms with Gasteiger partial charge in [0, 0.05) is 50.3 Å². The summed E-state index contributed by atoms with van der Waals surface area (Å²) in [7, 11) is 2.11. The van der Waals surface area contributed by atoms with Gasteiger partial charge in [0.2, 0.25) is 0 Å². The van der Waals surface area contributed by atoms with Crippen LogP contribution >= 0.6 is 12.2 Å². The number of anilines is 3. The Morgan fingerprint density at radius 3 is 2.19 bits per heavy atom. The maximum absolute atomic E-state index is 5.39. The molecule has 0 aliphatic rings. The first kappa shape index (κ1) is 20.0. The van der Waals surface area contributed by atoms with Crippen molar-refractivity contribution in [2.24, 2.45) is 0 Å². The van der Waals surface area contributed by atoms with Crippen molar-refractivity contribution in [3.8, 4) is 0 Å². The van der Waals surface area contributed by atoms with Crippen LogP contribution in [-0.4, -0.2) is 38.3 Å². The van der Waals surface area contributed by atoms with Gasteiger partial charge < -0.3 is 20.4 Å². The van der Waals surface area contributed by atoms with E-state index in [-0.39, 0.29) is 0 Å². The van der Waals surface area contributed by atoms with Gasteiger partial charge in [0.25, 0.3) is 0 Å². The largest absolute Gasteiger partial charge is 0.375 e. The van der Waals surface area contributed by atoms with Crippen LogP contribution in [0.4, 0.5) is 17.1 Å². The quantitative estimate of drug-likeness (QED) is 0.506. The summed E-state index contributed by atoms with van der Waals surface area (Å²) in [5, 5.41) is 7.20. The van der Waals surface area contributed by atoms with E-state index in [0.717, 1.165) is 38.3 Å². The summed E-state index contributed by atoms with van der Waals surface area (Å²) in [5.74, 6) is 0. The molecule has 0 saturated heterocycles. The highest BCUT2D eigenvalue weighted by Gasteiger charge is 2.03. The molecular weight excluding hydrogens is 340 g/mol. The second-order valence-corrected chi connectivity index (χ2v) is 6.62. The molecule has 0 bridgehead atoms. The summed E-state index contributed by atoms with van der Waals surface area (Å²) in [6.45, 7) is 8.20. The molecule has 5 heteroatoms. The van der Waals surface area contributed by atoms with E-state index in [1.54, 1.807) is 0 Å². The van der Waals surface area contributed by atoms with E-state index in [1.807, 2.05) is 6.07 Å². The van der Waals surface area contributed by atoms with E-state index >= 15 is 0 Å². The van der Waals surface area contributed by atoms with Gasteiger partial charge in [-0.15, -0.1) is 0 Å². The minimum Gasteiger partial charge on any atom is -0.375 e. The fourth-order valence-corrected chi connectivity index (χ4v) is 3.07. The SMILES string of the molecule is CCN(CC)c1ccc(NC(=S)NCCCN(C)c2ccccc2)cc1. The van der Waals surface area contributed by atoms with Crippen LogP contribution in [0.5, 0.6) is 0 Å². The lowest BCUT2D eigenvalue weighted by atomic mass is 10.2. The van der Waals surface area contributed by atoms with E-state index < -0.39 is 0 Å². The Kier molecular flexibility index (Phi) is 8.22. The van der Waals surface area contributed by atoms with Crippen molar-refractivity contribution >= 4 is 34.4 Å². The number of hydrogen-bond donors (Lipinski definition) is 2. The molecule has 2 aromatic carbocycles. The smallest absolute Gasteiger partial charge is 0.170 e. The Bertz CT molecular complexity index is 653. The zero-order valence-electron chi connectivity index (χ0n) is 16.0. The molecule has 4 nitrogen and oxygen atoms in total. The molecule has 0 aliphatic heterocycles. The van der Waals surface area contributed by atoms with E-state index in [9.17, 15) is 0 Å². The molecule has 2 aromatic rings. The predicted molar refractivity (Wildman–Crippen MR) is 119 cm³/mol. The molecule has 0 aromatic heterocycles. The molecule has 0 heterocycles. The van der Waals surface area contributed by atoms with Gasteiger partial charge in [-0.05, 0) is 68.9 Å². The van der Waals surface area contributed by atoms with Crippen LogP contribution in [0.15, 0.2) is 54.6 Å². The van der Waals surface area contributed by atoms with Gasteiger partial charge in [0.1, 0.15) is 0 Å². The van der Waals surface area contributed by atoms with Crippen molar-refractivity contribution in [3.63, 3.8) is 0 Å². The minimum absolute atomic E-state index is 0.669. The fraction of sp³-hybridized carbons (Fsp3) is 0.381. The molecule has 0 fully saturated rings. The number of nitrogens with one attached hydrogen (secondary N) is 2. The average molecular weight is 371 g/mol. The maximum Gasteiger partial charge on any atom is 0.170 e. The molecule has 0 spiro atoms. The number of nitrogens with zero attached hydrogens (tertiary/aromatic N) is 2. The van der Waals surface area contributed by atoms with Gasteiger partial charge in [0.15, 0.2) is 5.11 Å². The minimum atomic E-state index is 0.669. The number of benzene rings is 2. The second-order valence-electron chi connectivity index (χ2n) is 6.21. The summed E-state index contributed by atoms with van der Waals surface area (Å²) in [4.78, 5) is 4.58. The van der Waals surface area contributed by atoms with Gasteiger partial charge in [-0.3, -0.25) is 0 Å². The number of hydrogen-bond acceptors (Lipinski definition) is 3. The molecule has 0 radical (unpaired) electrons. The number of rotatable bonds is 9. The summed E-state index contributed by atoms with van der Waals surface area (Å²) in [6, 6.07) is 18.8. The van der Waals surface area contributed by atoms with E-state index in [0.29, 0.717) is 5.11 Å². The highest BCUT2D eigenvalue weighted by molar-refractivity contribution is 7.80. The van der Waals surface area contributed by atoms with Gasteiger partial charge in [-0.25, -0.2) is 0 Å². The highest BCUT2D eigenvalue weighted by Crippen LogP contribution is 2.17. The zero-order chi connectivity index (χ0) is 18.8. The summed E-state index contributed by atoms with van der Waals surface area (Å²) >= 11 is 5.39.